The Labute approximate surface area is 184 Å². The zero-order valence-corrected chi connectivity index (χ0v) is 18.0. The number of amides is 1. The van der Waals surface area contributed by atoms with E-state index < -0.39 is 5.91 Å². The molecule has 0 unspecified atom stereocenters. The molecule has 1 saturated heterocycles. The zero-order chi connectivity index (χ0) is 21.5. The van der Waals surface area contributed by atoms with Gasteiger partial charge in [-0.15, -0.1) is 11.3 Å². The van der Waals surface area contributed by atoms with Gasteiger partial charge in [0.05, 0.1) is 12.2 Å². The molecule has 0 atom stereocenters. The monoisotopic (exact) mass is 439 g/mol. The van der Waals surface area contributed by atoms with Gasteiger partial charge in [0.1, 0.15) is 18.1 Å². The fourth-order valence-electron chi connectivity index (χ4n) is 3.44. The smallest absolute Gasteiger partial charge is 0.277 e. The maximum absolute atomic E-state index is 12.6. The summed E-state index contributed by atoms with van der Waals surface area (Å²) < 4.78 is 6.85. The molecule has 0 bridgehead atoms. The lowest BCUT2D eigenvalue weighted by atomic mass is 10.1. The first-order valence-electron chi connectivity index (χ1n) is 10.4. The molecule has 8 nitrogen and oxygen atoms in total. The number of ether oxygens (including phenoxy) is 1. The standard InChI is InChI=1S/C22H25N5O3S/c28-20-10-9-19(25-27(20)13-14-30-18-7-3-1-4-8-18)21(29)24-22-23-17(16-31-22)15-26-11-5-2-6-12-26/h1,3-4,7-10,16H,2,5-6,11-15H2,(H,23,24,29). The van der Waals surface area contributed by atoms with Crippen LogP contribution in [-0.4, -0.2) is 45.3 Å². The van der Waals surface area contributed by atoms with Crippen LogP contribution in [0.4, 0.5) is 5.13 Å². The summed E-state index contributed by atoms with van der Waals surface area (Å²) in [5, 5.41) is 9.47. The summed E-state index contributed by atoms with van der Waals surface area (Å²) in [6.45, 7) is 3.51. The average Bonchev–Trinajstić information content (AvgIpc) is 3.23. The molecular formula is C22H25N5O3S. The van der Waals surface area contributed by atoms with Gasteiger partial charge >= 0.3 is 0 Å². The van der Waals surface area contributed by atoms with Crippen LogP contribution in [0.25, 0.3) is 0 Å². The second kappa shape index (κ2) is 10.3. The van der Waals surface area contributed by atoms with Gasteiger partial charge in [0.2, 0.25) is 0 Å². The largest absolute Gasteiger partial charge is 0.492 e. The number of benzene rings is 1. The molecule has 0 spiro atoms. The lowest BCUT2D eigenvalue weighted by molar-refractivity contribution is 0.101. The molecule has 4 rings (SSSR count). The van der Waals surface area contributed by atoms with Gasteiger partial charge in [0.25, 0.3) is 11.5 Å². The summed E-state index contributed by atoms with van der Waals surface area (Å²) in [5.74, 6) is 0.324. The Morgan fingerprint density at radius 3 is 2.71 bits per heavy atom. The van der Waals surface area contributed by atoms with Crippen molar-refractivity contribution in [3.63, 3.8) is 0 Å². The minimum absolute atomic E-state index is 0.159. The van der Waals surface area contributed by atoms with E-state index in [4.69, 9.17) is 4.74 Å². The number of thiazole rings is 1. The van der Waals surface area contributed by atoms with Crippen LogP contribution in [-0.2, 0) is 13.1 Å². The fourth-order valence-corrected chi connectivity index (χ4v) is 4.14. The van der Waals surface area contributed by atoms with Crippen molar-refractivity contribution in [3.8, 4) is 5.75 Å². The molecule has 162 valence electrons. The van der Waals surface area contributed by atoms with E-state index in [1.54, 1.807) is 0 Å². The van der Waals surface area contributed by atoms with E-state index in [9.17, 15) is 9.59 Å². The van der Waals surface area contributed by atoms with E-state index in [2.05, 4.69) is 20.3 Å². The van der Waals surface area contributed by atoms with E-state index >= 15 is 0 Å². The number of nitrogens with zero attached hydrogens (tertiary/aromatic N) is 4. The van der Waals surface area contributed by atoms with Crippen molar-refractivity contribution < 1.29 is 9.53 Å². The lowest BCUT2D eigenvalue weighted by Gasteiger charge is -2.25. The maximum atomic E-state index is 12.6. The number of aromatic nitrogens is 3. The van der Waals surface area contributed by atoms with Crippen molar-refractivity contribution in [2.24, 2.45) is 0 Å². The number of carbonyl (C=O) groups is 1. The summed E-state index contributed by atoms with van der Waals surface area (Å²) in [7, 11) is 0. The van der Waals surface area contributed by atoms with Crippen LogP contribution in [0.5, 0.6) is 5.75 Å². The Kier molecular flexibility index (Phi) is 7.06. The summed E-state index contributed by atoms with van der Waals surface area (Å²) in [6.07, 6.45) is 3.75. The predicted molar refractivity (Wildman–Crippen MR) is 120 cm³/mol. The second-order valence-corrected chi connectivity index (χ2v) is 8.23. The van der Waals surface area contributed by atoms with Crippen molar-refractivity contribution in [2.45, 2.75) is 32.4 Å². The molecule has 1 N–H and O–H groups in total. The highest BCUT2D eigenvalue weighted by molar-refractivity contribution is 7.13. The molecule has 3 aromatic rings. The molecule has 0 saturated carbocycles. The van der Waals surface area contributed by atoms with Crippen LogP contribution in [0.1, 0.15) is 35.4 Å². The van der Waals surface area contributed by atoms with Crippen LogP contribution < -0.4 is 15.6 Å². The number of carbonyl (C=O) groups excluding carboxylic acids is 1. The summed E-state index contributed by atoms with van der Waals surface area (Å²) >= 11 is 1.39. The van der Waals surface area contributed by atoms with Crippen molar-refractivity contribution in [1.29, 1.82) is 0 Å². The first-order chi connectivity index (χ1) is 15.2. The Hall–Kier alpha value is -3.04. The van der Waals surface area contributed by atoms with Crippen LogP contribution >= 0.6 is 11.3 Å². The number of para-hydroxylation sites is 1. The van der Waals surface area contributed by atoms with Crippen molar-refractivity contribution >= 4 is 22.4 Å². The van der Waals surface area contributed by atoms with Crippen molar-refractivity contribution in [3.05, 3.63) is 69.6 Å². The number of rotatable bonds is 8. The van der Waals surface area contributed by atoms with Gasteiger partial charge in [-0.25, -0.2) is 9.67 Å². The second-order valence-electron chi connectivity index (χ2n) is 7.38. The first-order valence-corrected chi connectivity index (χ1v) is 11.3. The highest BCUT2D eigenvalue weighted by Crippen LogP contribution is 2.19. The van der Waals surface area contributed by atoms with Gasteiger partial charge in [-0.2, -0.15) is 5.10 Å². The van der Waals surface area contributed by atoms with E-state index in [1.165, 1.54) is 47.4 Å². The number of piperidine rings is 1. The maximum Gasteiger partial charge on any atom is 0.277 e. The summed E-state index contributed by atoms with van der Waals surface area (Å²) in [4.78, 5) is 31.6. The molecule has 9 heteroatoms. The van der Waals surface area contributed by atoms with Gasteiger partial charge in [-0.3, -0.25) is 19.8 Å². The Balaban J connectivity index is 1.34. The van der Waals surface area contributed by atoms with Gasteiger partial charge in [0, 0.05) is 18.0 Å². The molecular weight excluding hydrogens is 414 g/mol. The number of likely N-dealkylation sites (tertiary alicyclic amines) is 1. The zero-order valence-electron chi connectivity index (χ0n) is 17.2. The molecule has 1 aliphatic rings. The van der Waals surface area contributed by atoms with Gasteiger partial charge in [-0.05, 0) is 44.1 Å². The normalized spacial score (nSPS) is 14.3. The van der Waals surface area contributed by atoms with Crippen LogP contribution in [0.2, 0.25) is 0 Å². The first kappa shape index (κ1) is 21.2. The fraction of sp³-hybridized carbons (Fsp3) is 0.364. The molecule has 1 fully saturated rings. The van der Waals surface area contributed by atoms with E-state index in [1.807, 2.05) is 35.7 Å². The Morgan fingerprint density at radius 1 is 1.10 bits per heavy atom. The minimum Gasteiger partial charge on any atom is -0.492 e. The minimum atomic E-state index is -0.392. The predicted octanol–water partition coefficient (Wildman–Crippen LogP) is 3.02. The third-order valence-corrected chi connectivity index (χ3v) is 5.83. The molecule has 31 heavy (non-hydrogen) atoms. The lowest BCUT2D eigenvalue weighted by Crippen LogP contribution is -2.29. The van der Waals surface area contributed by atoms with E-state index in [0.717, 1.165) is 25.3 Å². The van der Waals surface area contributed by atoms with Gasteiger partial charge < -0.3 is 4.74 Å². The van der Waals surface area contributed by atoms with Gasteiger partial charge in [-0.1, -0.05) is 24.6 Å². The number of hydrogen-bond donors (Lipinski definition) is 1. The van der Waals surface area contributed by atoms with E-state index in [0.29, 0.717) is 10.9 Å². The van der Waals surface area contributed by atoms with Crippen molar-refractivity contribution in [1.82, 2.24) is 19.7 Å². The van der Waals surface area contributed by atoms with Crippen LogP contribution in [0.3, 0.4) is 0 Å². The third kappa shape index (κ3) is 5.99. The molecule has 2 aromatic heterocycles. The average molecular weight is 440 g/mol. The summed E-state index contributed by atoms with van der Waals surface area (Å²) in [5.41, 5.74) is 0.830. The number of nitrogens with one attached hydrogen (secondary N) is 1. The summed E-state index contributed by atoms with van der Waals surface area (Å²) in [6, 6.07) is 12.1. The molecule has 0 aliphatic carbocycles. The quantitative estimate of drug-likeness (QED) is 0.580. The topological polar surface area (TPSA) is 89.4 Å². The number of anilines is 1. The number of hydrogen-bond acceptors (Lipinski definition) is 7. The van der Waals surface area contributed by atoms with E-state index in [-0.39, 0.29) is 24.4 Å². The molecule has 1 amide bonds. The SMILES string of the molecule is O=C(Nc1nc(CN2CCCCC2)cs1)c1ccc(=O)n(CCOc2ccccc2)n1. The highest BCUT2D eigenvalue weighted by atomic mass is 32.1. The molecule has 1 aliphatic heterocycles. The van der Waals surface area contributed by atoms with Crippen LogP contribution in [0.15, 0.2) is 52.6 Å². The Morgan fingerprint density at radius 2 is 1.90 bits per heavy atom. The third-order valence-electron chi connectivity index (χ3n) is 5.02. The highest BCUT2D eigenvalue weighted by Gasteiger charge is 2.15. The molecule has 3 heterocycles. The molecule has 1 aromatic carbocycles. The molecule has 0 radical (unpaired) electrons. The van der Waals surface area contributed by atoms with Crippen molar-refractivity contribution in [2.75, 3.05) is 25.0 Å². The van der Waals surface area contributed by atoms with Gasteiger partial charge in [0.15, 0.2) is 5.13 Å². The van der Waals surface area contributed by atoms with Crippen LogP contribution in [0, 0.1) is 0 Å². The Bertz CT molecular complexity index is 1060.